The average Bonchev–Trinajstić information content (AvgIpc) is 3.14. The van der Waals surface area contributed by atoms with Gasteiger partial charge in [0.15, 0.2) is 5.69 Å². The molecule has 7 nitrogen and oxygen atoms in total. The van der Waals surface area contributed by atoms with E-state index in [1.165, 1.54) is 0 Å². The van der Waals surface area contributed by atoms with Crippen molar-refractivity contribution in [1.82, 2.24) is 19.6 Å². The minimum absolute atomic E-state index is 0.0312. The van der Waals surface area contributed by atoms with E-state index in [2.05, 4.69) is 0 Å². The topological polar surface area (TPSA) is 67.7 Å². The Morgan fingerprint density at radius 3 is 2.39 bits per heavy atom. The highest BCUT2D eigenvalue weighted by Gasteiger charge is 2.31. The summed E-state index contributed by atoms with van der Waals surface area (Å²) in [5.41, 5.74) is 3.81. The highest BCUT2D eigenvalue weighted by atomic mass is 16.6. The molecular weight excluding hydrogens is 356 g/mol. The molecule has 1 fully saturated rings. The van der Waals surface area contributed by atoms with Gasteiger partial charge in [-0.25, -0.2) is 9.48 Å². The first-order valence-electron chi connectivity index (χ1n) is 10.1. The molecule has 0 saturated carbocycles. The number of aromatic nitrogens is 2. The number of carbonyl (C=O) groups excluding carboxylic acids is 2. The number of fused-ring (bicyclic) bond motifs is 1. The fraction of sp³-hybridized carbons (Fsp3) is 0.476. The van der Waals surface area contributed by atoms with E-state index in [4.69, 9.17) is 9.84 Å². The van der Waals surface area contributed by atoms with Crippen LogP contribution in [0.1, 0.15) is 41.5 Å². The lowest BCUT2D eigenvalue weighted by atomic mass is 9.95. The van der Waals surface area contributed by atoms with E-state index in [1.54, 1.807) is 11.8 Å². The summed E-state index contributed by atoms with van der Waals surface area (Å²) >= 11 is 0. The van der Waals surface area contributed by atoms with Crippen LogP contribution in [0.4, 0.5) is 4.79 Å². The SMILES string of the molecule is CCOC(=O)N1CCN(C(=O)c2nn(-c3ccccc3)c3c2CCCC3)CC1. The number of hydrogen-bond acceptors (Lipinski definition) is 4. The first-order chi connectivity index (χ1) is 13.7. The van der Waals surface area contributed by atoms with Gasteiger partial charge in [0.2, 0.25) is 0 Å². The fourth-order valence-electron chi connectivity index (χ4n) is 4.01. The van der Waals surface area contributed by atoms with Crippen LogP contribution in [0.2, 0.25) is 0 Å². The molecule has 0 atom stereocenters. The first-order valence-corrected chi connectivity index (χ1v) is 10.1. The number of ether oxygens (including phenoxy) is 1. The van der Waals surface area contributed by atoms with Crippen LogP contribution in [0.15, 0.2) is 30.3 Å². The third kappa shape index (κ3) is 3.48. The number of piperazine rings is 1. The van der Waals surface area contributed by atoms with Crippen molar-refractivity contribution >= 4 is 12.0 Å². The van der Waals surface area contributed by atoms with Crippen molar-refractivity contribution in [2.75, 3.05) is 32.8 Å². The van der Waals surface area contributed by atoms with Crippen LogP contribution >= 0.6 is 0 Å². The van der Waals surface area contributed by atoms with E-state index in [0.717, 1.165) is 42.6 Å². The third-order valence-electron chi connectivity index (χ3n) is 5.48. The van der Waals surface area contributed by atoms with Crippen molar-refractivity contribution in [2.24, 2.45) is 0 Å². The van der Waals surface area contributed by atoms with E-state index in [0.29, 0.717) is 38.5 Å². The van der Waals surface area contributed by atoms with Gasteiger partial charge in [0.25, 0.3) is 5.91 Å². The van der Waals surface area contributed by atoms with Crippen LogP contribution in [0.5, 0.6) is 0 Å². The standard InChI is InChI=1S/C21H26N4O3/c1-2-28-21(27)24-14-12-23(13-15-24)20(26)19-17-10-6-7-11-18(17)25(22-19)16-8-4-3-5-9-16/h3-5,8-9H,2,6-7,10-15H2,1H3. The molecule has 7 heteroatoms. The van der Waals surface area contributed by atoms with Crippen molar-refractivity contribution in [3.05, 3.63) is 47.3 Å². The maximum Gasteiger partial charge on any atom is 0.409 e. The predicted molar refractivity (Wildman–Crippen MR) is 105 cm³/mol. The highest BCUT2D eigenvalue weighted by Crippen LogP contribution is 2.28. The number of hydrogen-bond donors (Lipinski definition) is 0. The van der Waals surface area contributed by atoms with E-state index >= 15 is 0 Å². The second kappa shape index (κ2) is 8.04. The molecule has 1 aromatic carbocycles. The Kier molecular flexibility index (Phi) is 5.32. The van der Waals surface area contributed by atoms with Crippen molar-refractivity contribution in [2.45, 2.75) is 32.6 Å². The summed E-state index contributed by atoms with van der Waals surface area (Å²) in [6.45, 7) is 4.15. The zero-order valence-corrected chi connectivity index (χ0v) is 16.3. The van der Waals surface area contributed by atoms with Crippen molar-refractivity contribution in [3.8, 4) is 5.69 Å². The lowest BCUT2D eigenvalue weighted by Crippen LogP contribution is -2.51. The number of para-hydroxylation sites is 1. The summed E-state index contributed by atoms with van der Waals surface area (Å²) in [6, 6.07) is 10.0. The van der Waals surface area contributed by atoms with E-state index in [-0.39, 0.29) is 12.0 Å². The van der Waals surface area contributed by atoms with Gasteiger partial charge in [-0.2, -0.15) is 5.10 Å². The van der Waals surface area contributed by atoms with E-state index in [1.807, 2.05) is 39.9 Å². The molecule has 2 aliphatic rings. The van der Waals surface area contributed by atoms with E-state index in [9.17, 15) is 9.59 Å². The molecule has 28 heavy (non-hydrogen) atoms. The van der Waals surface area contributed by atoms with Crippen molar-refractivity contribution in [3.63, 3.8) is 0 Å². The minimum Gasteiger partial charge on any atom is -0.450 e. The molecule has 0 radical (unpaired) electrons. The molecular formula is C21H26N4O3. The van der Waals surface area contributed by atoms with Crippen LogP contribution < -0.4 is 0 Å². The number of nitrogens with zero attached hydrogens (tertiary/aromatic N) is 4. The quantitative estimate of drug-likeness (QED) is 0.819. The van der Waals surface area contributed by atoms with Gasteiger partial charge >= 0.3 is 6.09 Å². The van der Waals surface area contributed by atoms with Gasteiger partial charge in [-0.1, -0.05) is 18.2 Å². The molecule has 0 N–H and O–H groups in total. The molecule has 0 bridgehead atoms. The van der Waals surface area contributed by atoms with Crippen LogP contribution in [0, 0.1) is 0 Å². The summed E-state index contributed by atoms with van der Waals surface area (Å²) in [5, 5.41) is 4.74. The lowest BCUT2D eigenvalue weighted by Gasteiger charge is -2.33. The van der Waals surface area contributed by atoms with Gasteiger partial charge in [-0.3, -0.25) is 4.79 Å². The maximum absolute atomic E-state index is 13.2. The summed E-state index contributed by atoms with van der Waals surface area (Å²) in [4.78, 5) is 28.6. The Balaban J connectivity index is 1.55. The molecule has 0 unspecified atom stereocenters. The number of amides is 2. The molecule has 4 rings (SSSR count). The molecule has 148 valence electrons. The summed E-state index contributed by atoms with van der Waals surface area (Å²) < 4.78 is 7.00. The van der Waals surface area contributed by atoms with Gasteiger partial charge < -0.3 is 14.5 Å². The summed E-state index contributed by atoms with van der Waals surface area (Å²) in [5.74, 6) is -0.0312. The largest absolute Gasteiger partial charge is 0.450 e. The van der Waals surface area contributed by atoms with Gasteiger partial charge in [0.05, 0.1) is 12.3 Å². The van der Waals surface area contributed by atoms with Crippen molar-refractivity contribution in [1.29, 1.82) is 0 Å². The Labute approximate surface area is 164 Å². The molecule has 1 saturated heterocycles. The van der Waals surface area contributed by atoms with Gasteiger partial charge in [0.1, 0.15) is 0 Å². The number of rotatable bonds is 3. The lowest BCUT2D eigenvalue weighted by molar-refractivity contribution is 0.0564. The fourth-order valence-corrected chi connectivity index (χ4v) is 4.01. The predicted octanol–water partition coefficient (Wildman–Crippen LogP) is 2.67. The first kappa shape index (κ1) is 18.5. The molecule has 2 aromatic rings. The molecule has 2 amide bonds. The third-order valence-corrected chi connectivity index (χ3v) is 5.48. The highest BCUT2D eigenvalue weighted by molar-refractivity contribution is 5.94. The minimum atomic E-state index is -0.305. The van der Waals surface area contributed by atoms with Gasteiger partial charge in [0, 0.05) is 37.4 Å². The monoisotopic (exact) mass is 382 g/mol. The van der Waals surface area contributed by atoms with Gasteiger partial charge in [-0.05, 0) is 44.7 Å². The number of carbonyl (C=O) groups is 2. The Morgan fingerprint density at radius 2 is 1.68 bits per heavy atom. The van der Waals surface area contributed by atoms with Crippen LogP contribution in [-0.2, 0) is 17.6 Å². The van der Waals surface area contributed by atoms with Crippen LogP contribution in [0.3, 0.4) is 0 Å². The Morgan fingerprint density at radius 1 is 1.00 bits per heavy atom. The van der Waals surface area contributed by atoms with Crippen LogP contribution in [0.25, 0.3) is 5.69 Å². The second-order valence-corrected chi connectivity index (χ2v) is 7.21. The Bertz CT molecular complexity index is 854. The normalized spacial score (nSPS) is 16.6. The molecule has 1 aliphatic heterocycles. The molecule has 1 aromatic heterocycles. The molecule has 1 aliphatic carbocycles. The van der Waals surface area contributed by atoms with Crippen molar-refractivity contribution < 1.29 is 14.3 Å². The molecule has 0 spiro atoms. The maximum atomic E-state index is 13.2. The molecule has 2 heterocycles. The summed E-state index contributed by atoms with van der Waals surface area (Å²) in [7, 11) is 0. The average molecular weight is 382 g/mol. The zero-order chi connectivity index (χ0) is 19.5. The zero-order valence-electron chi connectivity index (χ0n) is 16.3. The smallest absolute Gasteiger partial charge is 0.409 e. The second-order valence-electron chi connectivity index (χ2n) is 7.21. The van der Waals surface area contributed by atoms with Crippen LogP contribution in [-0.4, -0.2) is 64.4 Å². The summed E-state index contributed by atoms with van der Waals surface area (Å²) in [6.07, 6.45) is 3.75. The number of benzene rings is 1. The van der Waals surface area contributed by atoms with Gasteiger partial charge in [-0.15, -0.1) is 0 Å². The van der Waals surface area contributed by atoms with E-state index < -0.39 is 0 Å². The Hall–Kier alpha value is -2.83.